The highest BCUT2D eigenvalue weighted by atomic mass is 16.5. The number of hydrogen-bond donors (Lipinski definition) is 1. The summed E-state index contributed by atoms with van der Waals surface area (Å²) in [5.74, 6) is 1.81. The summed E-state index contributed by atoms with van der Waals surface area (Å²) in [6.45, 7) is 2.80. The van der Waals surface area contributed by atoms with Crippen molar-refractivity contribution in [3.8, 4) is 23.0 Å². The average Bonchev–Trinajstić information content (AvgIpc) is 2.68. The molecule has 0 spiro atoms. The van der Waals surface area contributed by atoms with Gasteiger partial charge >= 0.3 is 0 Å². The quantitative estimate of drug-likeness (QED) is 0.682. The molecule has 6 heteroatoms. The second-order valence-corrected chi connectivity index (χ2v) is 5.59. The van der Waals surface area contributed by atoms with Gasteiger partial charge in [0.2, 0.25) is 5.75 Å². The lowest BCUT2D eigenvalue weighted by Crippen LogP contribution is -2.12. The molecular formula is C20H25NO5. The second-order valence-electron chi connectivity index (χ2n) is 5.59. The molecule has 0 aliphatic heterocycles. The maximum atomic E-state index is 12.6. The molecule has 0 radical (unpaired) electrons. The van der Waals surface area contributed by atoms with Crippen LogP contribution < -0.4 is 24.3 Å². The number of carbonyl (C=O) groups excluding carboxylic acids is 1. The van der Waals surface area contributed by atoms with Crippen molar-refractivity contribution >= 4 is 11.6 Å². The van der Waals surface area contributed by atoms with E-state index in [9.17, 15) is 4.79 Å². The van der Waals surface area contributed by atoms with Gasteiger partial charge in [0.1, 0.15) is 5.75 Å². The Labute approximate surface area is 154 Å². The van der Waals surface area contributed by atoms with Gasteiger partial charge in [-0.1, -0.05) is 13.3 Å². The Morgan fingerprint density at radius 3 is 2.08 bits per heavy atom. The molecule has 6 nitrogen and oxygen atoms in total. The van der Waals surface area contributed by atoms with E-state index in [0.29, 0.717) is 35.1 Å². The first kappa shape index (κ1) is 19.4. The van der Waals surface area contributed by atoms with Crippen LogP contribution in [0, 0.1) is 0 Å². The zero-order chi connectivity index (χ0) is 18.9. The molecule has 0 heterocycles. The molecular weight excluding hydrogens is 334 g/mol. The lowest BCUT2D eigenvalue weighted by atomic mass is 10.1. The Hall–Kier alpha value is -2.89. The number of carbonyl (C=O) groups is 1. The van der Waals surface area contributed by atoms with Crippen molar-refractivity contribution in [3.63, 3.8) is 0 Å². The van der Waals surface area contributed by atoms with E-state index in [2.05, 4.69) is 12.2 Å². The summed E-state index contributed by atoms with van der Waals surface area (Å²) in [7, 11) is 4.54. The van der Waals surface area contributed by atoms with E-state index in [1.54, 1.807) is 24.3 Å². The third-order valence-corrected chi connectivity index (χ3v) is 3.81. The Bertz CT molecular complexity index is 702. The minimum absolute atomic E-state index is 0.274. The van der Waals surface area contributed by atoms with Crippen LogP contribution in [0.15, 0.2) is 36.4 Å². The van der Waals surface area contributed by atoms with Crippen molar-refractivity contribution in [2.45, 2.75) is 19.8 Å². The van der Waals surface area contributed by atoms with Crippen LogP contribution in [0.5, 0.6) is 23.0 Å². The van der Waals surface area contributed by atoms with Crippen LogP contribution in [0.4, 0.5) is 5.69 Å². The van der Waals surface area contributed by atoms with Crippen molar-refractivity contribution in [2.24, 2.45) is 0 Å². The molecule has 140 valence electrons. The molecule has 0 atom stereocenters. The third kappa shape index (κ3) is 4.81. The summed E-state index contributed by atoms with van der Waals surface area (Å²) in [6, 6.07) is 10.5. The van der Waals surface area contributed by atoms with E-state index >= 15 is 0 Å². The Balaban J connectivity index is 2.12. The van der Waals surface area contributed by atoms with Crippen molar-refractivity contribution in [2.75, 3.05) is 33.3 Å². The lowest BCUT2D eigenvalue weighted by molar-refractivity contribution is 0.102. The van der Waals surface area contributed by atoms with E-state index in [4.69, 9.17) is 18.9 Å². The van der Waals surface area contributed by atoms with Gasteiger partial charge < -0.3 is 24.3 Å². The van der Waals surface area contributed by atoms with E-state index in [-0.39, 0.29) is 5.91 Å². The molecule has 0 aliphatic carbocycles. The molecule has 2 aromatic carbocycles. The Morgan fingerprint density at radius 1 is 0.962 bits per heavy atom. The van der Waals surface area contributed by atoms with Crippen molar-refractivity contribution in [1.29, 1.82) is 0 Å². The summed E-state index contributed by atoms with van der Waals surface area (Å²) < 4.78 is 21.4. The molecule has 1 amide bonds. The number of ether oxygens (including phenoxy) is 4. The molecule has 0 bridgehead atoms. The molecule has 2 aromatic rings. The predicted octanol–water partition coefficient (Wildman–Crippen LogP) is 4.14. The fourth-order valence-electron chi connectivity index (χ4n) is 2.38. The van der Waals surface area contributed by atoms with Gasteiger partial charge in [0, 0.05) is 11.3 Å². The van der Waals surface area contributed by atoms with Crippen molar-refractivity contribution < 1.29 is 23.7 Å². The number of rotatable bonds is 9. The standard InChI is InChI=1S/C20H25NO5/c1-5-6-11-26-16-9-7-15(8-10-16)21-20(22)14-12-17(23-2)19(25-4)18(13-14)24-3/h7-10,12-13H,5-6,11H2,1-4H3,(H,21,22). The van der Waals surface area contributed by atoms with Crippen LogP contribution in [-0.4, -0.2) is 33.8 Å². The van der Waals surface area contributed by atoms with Gasteiger partial charge in [-0.25, -0.2) is 0 Å². The van der Waals surface area contributed by atoms with Crippen LogP contribution in [0.1, 0.15) is 30.1 Å². The zero-order valence-corrected chi connectivity index (χ0v) is 15.6. The SMILES string of the molecule is CCCCOc1ccc(NC(=O)c2cc(OC)c(OC)c(OC)c2)cc1. The first-order chi connectivity index (χ1) is 12.6. The Kier molecular flexibility index (Phi) is 7.14. The minimum Gasteiger partial charge on any atom is -0.494 e. The Morgan fingerprint density at radius 2 is 1.58 bits per heavy atom. The first-order valence-electron chi connectivity index (χ1n) is 8.47. The number of amides is 1. The number of anilines is 1. The van der Waals surface area contributed by atoms with Gasteiger partial charge in [-0.05, 0) is 42.8 Å². The van der Waals surface area contributed by atoms with Crippen LogP contribution in [0.2, 0.25) is 0 Å². The van der Waals surface area contributed by atoms with Crippen LogP contribution in [0.25, 0.3) is 0 Å². The van der Waals surface area contributed by atoms with E-state index in [0.717, 1.165) is 18.6 Å². The molecule has 0 aromatic heterocycles. The minimum atomic E-state index is -0.274. The largest absolute Gasteiger partial charge is 0.494 e. The van der Waals surface area contributed by atoms with E-state index in [1.165, 1.54) is 21.3 Å². The van der Waals surface area contributed by atoms with Crippen LogP contribution in [0.3, 0.4) is 0 Å². The maximum Gasteiger partial charge on any atom is 0.255 e. The number of unbranched alkanes of at least 4 members (excludes halogenated alkanes) is 1. The first-order valence-corrected chi connectivity index (χ1v) is 8.47. The molecule has 1 N–H and O–H groups in total. The molecule has 26 heavy (non-hydrogen) atoms. The van der Waals surface area contributed by atoms with Crippen LogP contribution in [-0.2, 0) is 0 Å². The van der Waals surface area contributed by atoms with Gasteiger partial charge in [-0.3, -0.25) is 4.79 Å². The number of nitrogens with one attached hydrogen (secondary N) is 1. The maximum absolute atomic E-state index is 12.6. The highest BCUT2D eigenvalue weighted by molar-refractivity contribution is 6.05. The smallest absolute Gasteiger partial charge is 0.255 e. The number of hydrogen-bond acceptors (Lipinski definition) is 5. The van der Waals surface area contributed by atoms with Gasteiger partial charge in [-0.15, -0.1) is 0 Å². The summed E-state index contributed by atoms with van der Waals surface area (Å²) in [4.78, 5) is 12.6. The fraction of sp³-hybridized carbons (Fsp3) is 0.350. The van der Waals surface area contributed by atoms with Crippen molar-refractivity contribution in [3.05, 3.63) is 42.0 Å². The molecule has 0 aliphatic rings. The highest BCUT2D eigenvalue weighted by Crippen LogP contribution is 2.38. The second kappa shape index (κ2) is 9.56. The monoisotopic (exact) mass is 359 g/mol. The summed E-state index contributed by atoms with van der Waals surface area (Å²) in [6.07, 6.45) is 2.10. The number of benzene rings is 2. The summed E-state index contributed by atoms with van der Waals surface area (Å²) in [5.41, 5.74) is 1.08. The topological polar surface area (TPSA) is 66.0 Å². The molecule has 0 saturated heterocycles. The van der Waals surface area contributed by atoms with Gasteiger partial charge in [0.05, 0.1) is 27.9 Å². The molecule has 0 unspecified atom stereocenters. The van der Waals surface area contributed by atoms with Crippen molar-refractivity contribution in [1.82, 2.24) is 0 Å². The summed E-state index contributed by atoms with van der Waals surface area (Å²) >= 11 is 0. The fourth-order valence-corrected chi connectivity index (χ4v) is 2.38. The highest BCUT2D eigenvalue weighted by Gasteiger charge is 2.17. The van der Waals surface area contributed by atoms with Gasteiger partial charge in [0.15, 0.2) is 11.5 Å². The van der Waals surface area contributed by atoms with E-state index < -0.39 is 0 Å². The molecule has 0 saturated carbocycles. The normalized spacial score (nSPS) is 10.2. The van der Waals surface area contributed by atoms with Crippen LogP contribution >= 0.6 is 0 Å². The third-order valence-electron chi connectivity index (χ3n) is 3.81. The molecule has 0 fully saturated rings. The lowest BCUT2D eigenvalue weighted by Gasteiger charge is -2.14. The average molecular weight is 359 g/mol. The van der Waals surface area contributed by atoms with Gasteiger partial charge in [0.25, 0.3) is 5.91 Å². The predicted molar refractivity (Wildman–Crippen MR) is 101 cm³/mol. The van der Waals surface area contributed by atoms with E-state index in [1.807, 2.05) is 12.1 Å². The number of methoxy groups -OCH3 is 3. The zero-order valence-electron chi connectivity index (χ0n) is 15.6. The van der Waals surface area contributed by atoms with Gasteiger partial charge in [-0.2, -0.15) is 0 Å². The molecule has 2 rings (SSSR count). The summed E-state index contributed by atoms with van der Waals surface area (Å²) in [5, 5.41) is 2.85.